The number of rotatable bonds is 15. The molecule has 4 aromatic carbocycles. The highest BCUT2D eigenvalue weighted by Crippen LogP contribution is 2.38. The van der Waals surface area contributed by atoms with Gasteiger partial charge in [-0.25, -0.2) is 32.5 Å². The van der Waals surface area contributed by atoms with Crippen molar-refractivity contribution in [1.29, 1.82) is 0 Å². The SMILES string of the molecule is CC(NC(C(N)=O)c1ccccc1)C(C)n1ncn(-c2ccc(N3CCN(c4ccc(OCC5COC(Cn6cncn6)(c6ccc(F)cc6F)O5)cc4)CC3)cc2)c1=O. The smallest absolute Gasteiger partial charge is 0.350 e. The third-order valence-electron chi connectivity index (χ3n) is 11.1. The molecule has 2 aliphatic rings. The van der Waals surface area contributed by atoms with Crippen LogP contribution < -0.4 is 31.3 Å². The maximum Gasteiger partial charge on any atom is 0.350 e. The highest BCUT2D eigenvalue weighted by Gasteiger charge is 2.46. The second kappa shape index (κ2) is 17.4. The van der Waals surface area contributed by atoms with E-state index in [2.05, 4.69) is 30.3 Å². The van der Waals surface area contributed by atoms with Crippen molar-refractivity contribution >= 4 is 17.3 Å². The molecule has 17 heteroatoms. The topological polar surface area (TPSA) is 160 Å². The number of carbonyl (C=O) groups is 1. The first-order chi connectivity index (χ1) is 29.1. The maximum absolute atomic E-state index is 14.9. The molecule has 1 amide bonds. The molecule has 8 rings (SSSR count). The summed E-state index contributed by atoms with van der Waals surface area (Å²) in [6.45, 7) is 7.29. The lowest BCUT2D eigenvalue weighted by Crippen LogP contribution is -2.46. The fourth-order valence-corrected chi connectivity index (χ4v) is 7.65. The molecule has 5 unspecified atom stereocenters. The van der Waals surface area contributed by atoms with E-state index in [9.17, 15) is 18.4 Å². The van der Waals surface area contributed by atoms with Crippen LogP contribution in [-0.4, -0.2) is 86.6 Å². The summed E-state index contributed by atoms with van der Waals surface area (Å²) in [5, 5.41) is 11.8. The number of piperazine rings is 1. The quantitative estimate of drug-likeness (QED) is 0.152. The van der Waals surface area contributed by atoms with Gasteiger partial charge in [0.2, 0.25) is 11.7 Å². The molecule has 2 aliphatic heterocycles. The molecule has 4 heterocycles. The van der Waals surface area contributed by atoms with Gasteiger partial charge < -0.3 is 29.7 Å². The van der Waals surface area contributed by atoms with Crippen LogP contribution in [0.4, 0.5) is 20.2 Å². The summed E-state index contributed by atoms with van der Waals surface area (Å²) < 4.78 is 51.4. The number of halogens is 2. The monoisotopic (exact) mass is 820 g/mol. The molecule has 2 saturated heterocycles. The molecule has 6 aromatic rings. The van der Waals surface area contributed by atoms with Crippen LogP contribution in [0, 0.1) is 11.6 Å². The lowest BCUT2D eigenvalue weighted by Gasteiger charge is -2.37. The summed E-state index contributed by atoms with van der Waals surface area (Å²) in [7, 11) is 0. The molecule has 0 saturated carbocycles. The van der Waals surface area contributed by atoms with Crippen molar-refractivity contribution in [1.82, 2.24) is 34.4 Å². The Morgan fingerprint density at radius 1 is 0.900 bits per heavy atom. The Bertz CT molecular complexity index is 2420. The molecule has 0 radical (unpaired) electrons. The fourth-order valence-electron chi connectivity index (χ4n) is 7.65. The molecule has 0 bridgehead atoms. The summed E-state index contributed by atoms with van der Waals surface area (Å²) in [5.74, 6) is -2.86. The van der Waals surface area contributed by atoms with Crippen molar-refractivity contribution in [3.63, 3.8) is 0 Å². The van der Waals surface area contributed by atoms with E-state index in [1.54, 1.807) is 0 Å². The highest BCUT2D eigenvalue weighted by atomic mass is 19.1. The first kappa shape index (κ1) is 40.4. The number of hydrogen-bond donors (Lipinski definition) is 2. The zero-order chi connectivity index (χ0) is 41.8. The summed E-state index contributed by atoms with van der Waals surface area (Å²) in [4.78, 5) is 34.3. The van der Waals surface area contributed by atoms with Crippen LogP contribution in [0.2, 0.25) is 0 Å². The average molecular weight is 821 g/mol. The number of benzene rings is 4. The number of aromatic nitrogens is 6. The number of anilines is 2. The number of carbonyl (C=O) groups excluding carboxylic acids is 1. The first-order valence-corrected chi connectivity index (χ1v) is 19.8. The molecular formula is C43H46F2N10O5. The van der Waals surface area contributed by atoms with E-state index in [-0.39, 0.29) is 43.1 Å². The zero-order valence-corrected chi connectivity index (χ0v) is 33.2. The van der Waals surface area contributed by atoms with Crippen LogP contribution in [0.1, 0.15) is 37.1 Å². The van der Waals surface area contributed by atoms with E-state index in [4.69, 9.17) is 19.9 Å². The Kier molecular flexibility index (Phi) is 11.7. The zero-order valence-electron chi connectivity index (χ0n) is 33.2. The van der Waals surface area contributed by atoms with Crippen molar-refractivity contribution < 1.29 is 27.8 Å². The first-order valence-electron chi connectivity index (χ1n) is 19.8. The number of hydrogen-bond acceptors (Lipinski definition) is 11. The summed E-state index contributed by atoms with van der Waals surface area (Å²) >= 11 is 0. The number of nitrogens with one attached hydrogen (secondary N) is 1. The van der Waals surface area contributed by atoms with Gasteiger partial charge in [-0.3, -0.25) is 10.1 Å². The van der Waals surface area contributed by atoms with Gasteiger partial charge in [-0.05, 0) is 80.1 Å². The largest absolute Gasteiger partial charge is 0.491 e. The standard InChI is InChI=1S/C43H46F2N10O5/c1-29(50-40(41(46)56)31-6-4-3-5-7-31)30(2)55-42(57)54(28-49-55)35-11-9-33(10-12-35)51-18-20-52(21-19-51)34-13-15-36(16-14-34)58-23-37-24-59-43(60-37,25-53-27-47-26-48-53)38-17-8-32(44)22-39(38)45/h3-17,22,26-30,37,40,50H,18-21,23-25H2,1-2H3,(H2,46,56). The average Bonchev–Trinajstić information content (AvgIpc) is 4.03. The lowest BCUT2D eigenvalue weighted by atomic mass is 10.0. The molecule has 60 heavy (non-hydrogen) atoms. The van der Waals surface area contributed by atoms with E-state index in [0.29, 0.717) is 11.4 Å². The molecule has 15 nitrogen and oxygen atoms in total. The van der Waals surface area contributed by atoms with Crippen LogP contribution >= 0.6 is 0 Å². The second-order valence-electron chi connectivity index (χ2n) is 15.0. The van der Waals surface area contributed by atoms with Crippen LogP contribution in [0.25, 0.3) is 5.69 Å². The van der Waals surface area contributed by atoms with Gasteiger partial charge in [0.25, 0.3) is 0 Å². The predicted octanol–water partition coefficient (Wildman–Crippen LogP) is 4.34. The minimum absolute atomic E-state index is 0.0175. The molecule has 5 atom stereocenters. The third-order valence-corrected chi connectivity index (χ3v) is 11.1. The number of nitrogens with zero attached hydrogens (tertiary/aromatic N) is 8. The van der Waals surface area contributed by atoms with E-state index in [1.807, 2.05) is 92.7 Å². The van der Waals surface area contributed by atoms with Crippen molar-refractivity contribution in [3.8, 4) is 11.4 Å². The Labute approximate surface area is 344 Å². The van der Waals surface area contributed by atoms with Gasteiger partial charge in [-0.2, -0.15) is 10.2 Å². The van der Waals surface area contributed by atoms with Gasteiger partial charge >= 0.3 is 5.69 Å². The number of nitrogens with two attached hydrogens (primary N) is 1. The van der Waals surface area contributed by atoms with Crippen molar-refractivity contribution in [2.45, 2.75) is 50.4 Å². The lowest BCUT2D eigenvalue weighted by molar-refractivity contribution is -0.192. The molecule has 3 N–H and O–H groups in total. The molecule has 0 aliphatic carbocycles. The van der Waals surface area contributed by atoms with Crippen LogP contribution in [0.15, 0.2) is 121 Å². The molecule has 2 fully saturated rings. The van der Waals surface area contributed by atoms with E-state index in [0.717, 1.165) is 49.2 Å². The minimum atomic E-state index is -1.53. The Hall–Kier alpha value is -6.43. The summed E-state index contributed by atoms with van der Waals surface area (Å²) in [6.07, 6.45) is 3.82. The Balaban J connectivity index is 0.830. The fraction of sp³-hybridized carbons (Fsp3) is 0.326. The van der Waals surface area contributed by atoms with E-state index in [1.165, 1.54) is 45.0 Å². The van der Waals surface area contributed by atoms with Gasteiger partial charge in [0.1, 0.15) is 61.7 Å². The van der Waals surface area contributed by atoms with Gasteiger partial charge in [0.05, 0.1) is 18.3 Å². The normalized spacial score (nSPS) is 19.6. The molecule has 312 valence electrons. The highest BCUT2D eigenvalue weighted by molar-refractivity contribution is 5.81. The number of primary amides is 1. The van der Waals surface area contributed by atoms with E-state index >= 15 is 0 Å². The third kappa shape index (κ3) is 8.64. The predicted molar refractivity (Wildman–Crippen MR) is 219 cm³/mol. The van der Waals surface area contributed by atoms with E-state index < -0.39 is 35.5 Å². The molecule has 2 aromatic heterocycles. The maximum atomic E-state index is 14.9. The van der Waals surface area contributed by atoms with Crippen LogP contribution in [-0.2, 0) is 26.6 Å². The number of amides is 1. The van der Waals surface area contributed by atoms with Gasteiger partial charge in [-0.1, -0.05) is 30.3 Å². The molecule has 0 spiro atoms. The minimum Gasteiger partial charge on any atom is -0.491 e. The Morgan fingerprint density at radius 3 is 2.20 bits per heavy atom. The van der Waals surface area contributed by atoms with Gasteiger partial charge in [0, 0.05) is 55.2 Å². The van der Waals surface area contributed by atoms with Gasteiger partial charge in [0.15, 0.2) is 0 Å². The number of ether oxygens (including phenoxy) is 3. The van der Waals surface area contributed by atoms with Crippen LogP contribution in [0.3, 0.4) is 0 Å². The summed E-state index contributed by atoms with van der Waals surface area (Å²) in [5.41, 5.74) is 9.06. The van der Waals surface area contributed by atoms with Crippen LogP contribution in [0.5, 0.6) is 5.75 Å². The van der Waals surface area contributed by atoms with Crippen molar-refractivity contribution in [3.05, 3.63) is 149 Å². The van der Waals surface area contributed by atoms with Crippen molar-refractivity contribution in [2.75, 3.05) is 49.2 Å². The van der Waals surface area contributed by atoms with Crippen molar-refractivity contribution in [2.24, 2.45) is 5.73 Å². The Morgan fingerprint density at radius 2 is 1.57 bits per heavy atom. The van der Waals surface area contributed by atoms with Gasteiger partial charge in [-0.15, -0.1) is 0 Å². The summed E-state index contributed by atoms with van der Waals surface area (Å²) in [6, 6.07) is 26.9. The molecular weight excluding hydrogens is 775 g/mol. The second-order valence-corrected chi connectivity index (χ2v) is 15.0.